The molecule has 1 aliphatic heterocycles. The van der Waals surface area contributed by atoms with Crippen molar-refractivity contribution >= 4 is 29.2 Å². The Morgan fingerprint density at radius 2 is 1.92 bits per heavy atom. The number of aromatic carboxylic acids is 1. The molecule has 0 radical (unpaired) electrons. The Morgan fingerprint density at radius 1 is 1.16 bits per heavy atom. The van der Waals surface area contributed by atoms with Crippen LogP contribution in [0.25, 0.3) is 0 Å². The molecule has 0 aromatic heterocycles. The third-order valence-corrected chi connectivity index (χ3v) is 4.21. The van der Waals surface area contributed by atoms with E-state index in [1.807, 2.05) is 32.0 Å². The van der Waals surface area contributed by atoms with Crippen molar-refractivity contribution < 1.29 is 19.5 Å². The molecular formula is C19H18N2O4. The summed E-state index contributed by atoms with van der Waals surface area (Å²) in [6, 6.07) is 11.0. The average Bonchev–Trinajstić information content (AvgIpc) is 2.84. The van der Waals surface area contributed by atoms with Crippen LogP contribution in [-0.4, -0.2) is 28.9 Å². The number of carboxylic acids is 1. The van der Waals surface area contributed by atoms with Crippen LogP contribution in [0.3, 0.4) is 0 Å². The van der Waals surface area contributed by atoms with Gasteiger partial charge in [0.1, 0.15) is 6.04 Å². The molecule has 1 aliphatic rings. The molecule has 1 fully saturated rings. The number of benzene rings is 2. The van der Waals surface area contributed by atoms with E-state index in [0.29, 0.717) is 0 Å². The van der Waals surface area contributed by atoms with Gasteiger partial charge in [-0.05, 0) is 43.7 Å². The average molecular weight is 338 g/mol. The second kappa shape index (κ2) is 6.39. The highest BCUT2D eigenvalue weighted by atomic mass is 16.4. The van der Waals surface area contributed by atoms with Gasteiger partial charge >= 0.3 is 5.97 Å². The summed E-state index contributed by atoms with van der Waals surface area (Å²) in [5.41, 5.74) is 3.22. The summed E-state index contributed by atoms with van der Waals surface area (Å²) in [7, 11) is 0. The molecular weight excluding hydrogens is 320 g/mol. The van der Waals surface area contributed by atoms with Gasteiger partial charge in [0.05, 0.1) is 17.7 Å². The molecule has 1 atom stereocenters. The lowest BCUT2D eigenvalue weighted by atomic mass is 10.1. The molecule has 0 saturated carbocycles. The van der Waals surface area contributed by atoms with Gasteiger partial charge in [-0.3, -0.25) is 9.59 Å². The van der Waals surface area contributed by atoms with Gasteiger partial charge in [-0.25, -0.2) is 9.69 Å². The number of hydrogen-bond donors (Lipinski definition) is 2. The highest BCUT2D eigenvalue weighted by Crippen LogP contribution is 2.27. The monoisotopic (exact) mass is 338 g/mol. The predicted molar refractivity (Wildman–Crippen MR) is 93.8 cm³/mol. The molecule has 1 saturated heterocycles. The van der Waals surface area contributed by atoms with Crippen molar-refractivity contribution in [2.24, 2.45) is 0 Å². The van der Waals surface area contributed by atoms with Crippen LogP contribution in [0.4, 0.5) is 11.4 Å². The van der Waals surface area contributed by atoms with Gasteiger partial charge < -0.3 is 10.4 Å². The van der Waals surface area contributed by atoms with Crippen molar-refractivity contribution in [1.82, 2.24) is 0 Å². The Bertz CT molecular complexity index is 875. The molecule has 2 N–H and O–H groups in total. The van der Waals surface area contributed by atoms with Gasteiger partial charge in [0.25, 0.3) is 5.91 Å². The second-order valence-corrected chi connectivity index (χ2v) is 6.14. The van der Waals surface area contributed by atoms with Crippen LogP contribution < -0.4 is 10.2 Å². The van der Waals surface area contributed by atoms with Gasteiger partial charge in [-0.15, -0.1) is 0 Å². The quantitative estimate of drug-likeness (QED) is 0.837. The van der Waals surface area contributed by atoms with Crippen molar-refractivity contribution in [3.63, 3.8) is 0 Å². The van der Waals surface area contributed by atoms with Crippen molar-refractivity contribution in [1.29, 1.82) is 0 Å². The van der Waals surface area contributed by atoms with Crippen molar-refractivity contribution in [2.75, 3.05) is 10.2 Å². The van der Waals surface area contributed by atoms with E-state index < -0.39 is 12.0 Å². The van der Waals surface area contributed by atoms with Gasteiger partial charge in [-0.1, -0.05) is 23.8 Å². The maximum atomic E-state index is 12.7. The number of nitrogens with zero attached hydrogens (tertiary/aromatic N) is 1. The smallest absolute Gasteiger partial charge is 0.335 e. The number of aryl methyl sites for hydroxylation is 2. The number of hydrogen-bond acceptors (Lipinski definition) is 4. The predicted octanol–water partition coefficient (Wildman–Crippen LogP) is 2.75. The Labute approximate surface area is 145 Å². The fourth-order valence-corrected chi connectivity index (χ4v) is 2.96. The maximum Gasteiger partial charge on any atom is 0.335 e. The summed E-state index contributed by atoms with van der Waals surface area (Å²) in [6.45, 7) is 3.92. The zero-order chi connectivity index (χ0) is 18.1. The van der Waals surface area contributed by atoms with E-state index in [9.17, 15) is 14.4 Å². The number of rotatable bonds is 4. The molecule has 0 spiro atoms. The summed E-state index contributed by atoms with van der Waals surface area (Å²) >= 11 is 0. The van der Waals surface area contributed by atoms with Crippen molar-refractivity contribution in [3.05, 3.63) is 59.2 Å². The van der Waals surface area contributed by atoms with Gasteiger partial charge in [0.15, 0.2) is 0 Å². The number of imide groups is 1. The summed E-state index contributed by atoms with van der Waals surface area (Å²) < 4.78 is 0. The highest BCUT2D eigenvalue weighted by Gasteiger charge is 2.39. The van der Waals surface area contributed by atoms with Crippen LogP contribution in [0.2, 0.25) is 0 Å². The standard InChI is InChI=1S/C19H18N2O4/c1-11-6-7-15(12(2)8-11)20-16-10-17(22)21(18(16)23)14-5-3-4-13(9-14)19(24)25/h3-9,16,20H,10H2,1-2H3,(H,24,25). The number of amides is 2. The first-order valence-electron chi connectivity index (χ1n) is 7.91. The van der Waals surface area contributed by atoms with Crippen LogP contribution in [0.5, 0.6) is 0 Å². The Balaban J connectivity index is 1.85. The number of anilines is 2. The van der Waals surface area contributed by atoms with Crippen molar-refractivity contribution in [3.8, 4) is 0 Å². The second-order valence-electron chi connectivity index (χ2n) is 6.14. The SMILES string of the molecule is Cc1ccc(NC2CC(=O)N(c3cccc(C(=O)O)c3)C2=O)c(C)c1. The van der Waals surface area contributed by atoms with E-state index >= 15 is 0 Å². The molecule has 0 aliphatic carbocycles. The Hall–Kier alpha value is -3.15. The maximum absolute atomic E-state index is 12.7. The lowest BCUT2D eigenvalue weighted by Crippen LogP contribution is -2.35. The largest absolute Gasteiger partial charge is 0.478 e. The van der Waals surface area contributed by atoms with Gasteiger partial charge in [0.2, 0.25) is 5.91 Å². The van der Waals surface area contributed by atoms with E-state index in [4.69, 9.17) is 5.11 Å². The Kier molecular flexibility index (Phi) is 4.27. The molecule has 1 unspecified atom stereocenters. The highest BCUT2D eigenvalue weighted by molar-refractivity contribution is 6.23. The molecule has 3 rings (SSSR count). The first-order valence-corrected chi connectivity index (χ1v) is 7.91. The zero-order valence-electron chi connectivity index (χ0n) is 13.9. The van der Waals surface area contributed by atoms with Crippen LogP contribution >= 0.6 is 0 Å². The van der Waals surface area contributed by atoms with Crippen LogP contribution in [0.1, 0.15) is 27.9 Å². The third kappa shape index (κ3) is 3.24. The minimum atomic E-state index is -1.11. The Morgan fingerprint density at radius 3 is 2.60 bits per heavy atom. The van der Waals surface area contributed by atoms with Crippen molar-refractivity contribution in [2.45, 2.75) is 26.3 Å². The third-order valence-electron chi connectivity index (χ3n) is 4.21. The molecule has 2 aromatic rings. The van der Waals surface area contributed by atoms with E-state index in [0.717, 1.165) is 21.7 Å². The van der Waals surface area contributed by atoms with E-state index in [1.54, 1.807) is 6.07 Å². The summed E-state index contributed by atoms with van der Waals surface area (Å²) in [5, 5.41) is 12.2. The molecule has 6 heteroatoms. The number of carboxylic acid groups (broad SMARTS) is 1. The zero-order valence-corrected chi connectivity index (χ0v) is 13.9. The van der Waals surface area contributed by atoms with E-state index in [2.05, 4.69) is 5.32 Å². The van der Waals surface area contributed by atoms with Crippen LogP contribution in [0.15, 0.2) is 42.5 Å². The number of nitrogens with one attached hydrogen (secondary N) is 1. The fourth-order valence-electron chi connectivity index (χ4n) is 2.96. The van der Waals surface area contributed by atoms with Gasteiger partial charge in [-0.2, -0.15) is 0 Å². The molecule has 2 amide bonds. The lowest BCUT2D eigenvalue weighted by molar-refractivity contribution is -0.121. The summed E-state index contributed by atoms with van der Waals surface area (Å²) in [6.07, 6.45) is 0.0312. The minimum absolute atomic E-state index is 0.0312. The molecule has 25 heavy (non-hydrogen) atoms. The topological polar surface area (TPSA) is 86.7 Å². The van der Waals surface area contributed by atoms with Crippen LogP contribution in [-0.2, 0) is 9.59 Å². The molecule has 128 valence electrons. The molecule has 2 aromatic carbocycles. The fraction of sp³-hybridized carbons (Fsp3) is 0.211. The minimum Gasteiger partial charge on any atom is -0.478 e. The number of carbonyl (C=O) groups excluding carboxylic acids is 2. The molecule has 1 heterocycles. The number of carbonyl (C=O) groups is 3. The first-order chi connectivity index (χ1) is 11.9. The van der Waals surface area contributed by atoms with E-state index in [1.165, 1.54) is 18.2 Å². The lowest BCUT2D eigenvalue weighted by Gasteiger charge is -2.17. The molecule has 6 nitrogen and oxygen atoms in total. The summed E-state index contributed by atoms with van der Waals surface area (Å²) in [4.78, 5) is 37.1. The van der Waals surface area contributed by atoms with Gasteiger partial charge in [0, 0.05) is 5.69 Å². The van der Waals surface area contributed by atoms with Crippen LogP contribution in [0, 0.1) is 13.8 Å². The normalized spacial score (nSPS) is 17.0. The first kappa shape index (κ1) is 16.7. The summed E-state index contributed by atoms with van der Waals surface area (Å²) in [5.74, 6) is -1.84. The van der Waals surface area contributed by atoms with E-state index in [-0.39, 0.29) is 29.5 Å². The molecule has 0 bridgehead atoms.